The van der Waals surface area contributed by atoms with Gasteiger partial charge >= 0.3 is 6.09 Å². The topological polar surface area (TPSA) is 96.5 Å². The number of hydrogen-bond donors (Lipinski definition) is 3. The van der Waals surface area contributed by atoms with E-state index in [-0.39, 0.29) is 18.1 Å². The number of nitrogens with one attached hydrogen (secondary N) is 3. The summed E-state index contributed by atoms with van der Waals surface area (Å²) in [7, 11) is 0. The van der Waals surface area contributed by atoms with Crippen molar-refractivity contribution in [2.75, 3.05) is 11.9 Å². The number of anilines is 1. The first-order valence-corrected chi connectivity index (χ1v) is 9.00. The molecule has 1 aromatic heterocycles. The summed E-state index contributed by atoms with van der Waals surface area (Å²) in [6, 6.07) is 8.11. The highest BCUT2D eigenvalue weighted by molar-refractivity contribution is 7.14. The number of amides is 3. The number of thiophene rings is 1. The van der Waals surface area contributed by atoms with Gasteiger partial charge in [-0.05, 0) is 50.1 Å². The Bertz CT molecular complexity index is 817. The molecule has 26 heavy (non-hydrogen) atoms. The molecule has 0 atom stereocenters. The number of aryl methyl sites for hydroxylation is 2. The van der Waals surface area contributed by atoms with E-state index in [9.17, 15) is 14.4 Å². The maximum Gasteiger partial charge on any atom is 0.411 e. The minimum Gasteiger partial charge on any atom is -0.450 e. The smallest absolute Gasteiger partial charge is 0.411 e. The Hall–Kier alpha value is -2.87. The molecular weight excluding hydrogens is 354 g/mol. The first kappa shape index (κ1) is 19.5. The van der Waals surface area contributed by atoms with Gasteiger partial charge in [0.2, 0.25) is 0 Å². The van der Waals surface area contributed by atoms with Gasteiger partial charge in [-0.15, -0.1) is 11.3 Å². The van der Waals surface area contributed by atoms with Crippen LogP contribution in [-0.2, 0) is 11.2 Å². The lowest BCUT2D eigenvalue weighted by Gasteiger charge is -2.09. The number of hydrazine groups is 1. The quantitative estimate of drug-likeness (QED) is 0.699. The molecule has 0 aliphatic heterocycles. The molecule has 0 saturated carbocycles. The van der Waals surface area contributed by atoms with E-state index in [1.54, 1.807) is 31.2 Å². The largest absolute Gasteiger partial charge is 0.450 e. The van der Waals surface area contributed by atoms with Crippen molar-refractivity contribution in [3.05, 3.63) is 51.2 Å². The van der Waals surface area contributed by atoms with Crippen molar-refractivity contribution < 1.29 is 19.1 Å². The zero-order chi connectivity index (χ0) is 19.1. The lowest BCUT2D eigenvalue weighted by atomic mass is 10.2. The molecular formula is C18H21N3O4S. The Kier molecular flexibility index (Phi) is 6.74. The first-order chi connectivity index (χ1) is 12.4. The highest BCUT2D eigenvalue weighted by atomic mass is 32.1. The SMILES string of the molecule is CCOC(=O)Nc1cccc(C(=O)NNC(=O)c2cc(C)c(CC)s2)c1. The number of ether oxygens (including phenoxy) is 1. The fraction of sp³-hybridized carbons (Fsp3) is 0.278. The minimum absolute atomic E-state index is 0.250. The predicted octanol–water partition coefficient (Wildman–Crippen LogP) is 3.26. The van der Waals surface area contributed by atoms with Gasteiger partial charge in [0.1, 0.15) is 0 Å². The highest BCUT2D eigenvalue weighted by Crippen LogP contribution is 2.22. The third-order valence-electron chi connectivity index (χ3n) is 3.50. The summed E-state index contributed by atoms with van der Waals surface area (Å²) in [6.45, 7) is 5.93. The van der Waals surface area contributed by atoms with Crippen LogP contribution in [0.4, 0.5) is 10.5 Å². The summed E-state index contributed by atoms with van der Waals surface area (Å²) in [5.74, 6) is -0.859. The molecule has 7 nitrogen and oxygen atoms in total. The molecule has 0 fully saturated rings. The van der Waals surface area contributed by atoms with Gasteiger partial charge in [0.25, 0.3) is 11.8 Å². The van der Waals surface area contributed by atoms with Gasteiger partial charge in [0, 0.05) is 16.1 Å². The molecule has 0 saturated heterocycles. The Labute approximate surface area is 155 Å². The normalized spacial score (nSPS) is 10.1. The van der Waals surface area contributed by atoms with E-state index in [0.717, 1.165) is 16.9 Å². The van der Waals surface area contributed by atoms with Gasteiger partial charge in [-0.25, -0.2) is 4.79 Å². The number of carbonyl (C=O) groups excluding carboxylic acids is 3. The summed E-state index contributed by atoms with van der Waals surface area (Å²) >= 11 is 1.40. The fourth-order valence-electron chi connectivity index (χ4n) is 2.25. The maximum absolute atomic E-state index is 12.2. The molecule has 138 valence electrons. The van der Waals surface area contributed by atoms with E-state index in [0.29, 0.717) is 10.6 Å². The van der Waals surface area contributed by atoms with Crippen LogP contribution in [0.2, 0.25) is 0 Å². The molecule has 3 amide bonds. The molecule has 1 aromatic carbocycles. The molecule has 2 aromatic rings. The van der Waals surface area contributed by atoms with Gasteiger partial charge in [-0.1, -0.05) is 13.0 Å². The summed E-state index contributed by atoms with van der Waals surface area (Å²) in [5.41, 5.74) is 6.55. The van der Waals surface area contributed by atoms with Gasteiger partial charge < -0.3 is 4.74 Å². The summed E-state index contributed by atoms with van der Waals surface area (Å²) in [5, 5.41) is 2.52. The van der Waals surface area contributed by atoms with Crippen LogP contribution in [0, 0.1) is 6.92 Å². The zero-order valence-electron chi connectivity index (χ0n) is 14.8. The first-order valence-electron chi connectivity index (χ1n) is 8.18. The van der Waals surface area contributed by atoms with Crippen molar-refractivity contribution in [1.29, 1.82) is 0 Å². The molecule has 8 heteroatoms. The lowest BCUT2D eigenvalue weighted by molar-refractivity contribution is 0.0849. The monoisotopic (exact) mass is 375 g/mol. The second-order valence-electron chi connectivity index (χ2n) is 5.40. The molecule has 3 N–H and O–H groups in total. The minimum atomic E-state index is -0.599. The number of rotatable bonds is 5. The number of benzene rings is 1. The van der Waals surface area contributed by atoms with Crippen LogP contribution in [0.25, 0.3) is 0 Å². The Balaban J connectivity index is 1.96. The third-order valence-corrected chi connectivity index (χ3v) is 4.88. The molecule has 0 aliphatic rings. The van der Waals surface area contributed by atoms with Crippen molar-refractivity contribution in [3.8, 4) is 0 Å². The van der Waals surface area contributed by atoms with Crippen LogP contribution in [0.3, 0.4) is 0 Å². The van der Waals surface area contributed by atoms with E-state index in [2.05, 4.69) is 16.2 Å². The van der Waals surface area contributed by atoms with Crippen LogP contribution >= 0.6 is 11.3 Å². The Morgan fingerprint density at radius 1 is 1.08 bits per heavy atom. The summed E-state index contributed by atoms with van der Waals surface area (Å²) < 4.78 is 4.79. The third kappa shape index (κ3) is 5.06. The van der Waals surface area contributed by atoms with Crippen LogP contribution in [0.5, 0.6) is 0 Å². The molecule has 0 unspecified atom stereocenters. The highest BCUT2D eigenvalue weighted by Gasteiger charge is 2.13. The Morgan fingerprint density at radius 3 is 2.46 bits per heavy atom. The number of hydrogen-bond acceptors (Lipinski definition) is 5. The van der Waals surface area contributed by atoms with Gasteiger partial charge in [-0.2, -0.15) is 0 Å². The van der Waals surface area contributed by atoms with Crippen LogP contribution < -0.4 is 16.2 Å². The van der Waals surface area contributed by atoms with Crippen LogP contribution in [-0.4, -0.2) is 24.5 Å². The Morgan fingerprint density at radius 2 is 1.81 bits per heavy atom. The summed E-state index contributed by atoms with van der Waals surface area (Å²) in [4.78, 5) is 37.5. The van der Waals surface area contributed by atoms with Crippen molar-refractivity contribution in [1.82, 2.24) is 10.9 Å². The fourth-order valence-corrected chi connectivity index (χ4v) is 3.26. The molecule has 0 radical (unpaired) electrons. The predicted molar refractivity (Wildman–Crippen MR) is 100 cm³/mol. The van der Waals surface area contributed by atoms with E-state index < -0.39 is 12.0 Å². The van der Waals surface area contributed by atoms with Gasteiger partial charge in [0.05, 0.1) is 11.5 Å². The van der Waals surface area contributed by atoms with Crippen molar-refractivity contribution in [3.63, 3.8) is 0 Å². The van der Waals surface area contributed by atoms with Gasteiger partial charge in [0.15, 0.2) is 0 Å². The van der Waals surface area contributed by atoms with E-state index in [4.69, 9.17) is 4.74 Å². The van der Waals surface area contributed by atoms with E-state index in [1.165, 1.54) is 17.4 Å². The van der Waals surface area contributed by atoms with E-state index in [1.807, 2.05) is 13.8 Å². The van der Waals surface area contributed by atoms with Crippen molar-refractivity contribution >= 4 is 34.9 Å². The lowest BCUT2D eigenvalue weighted by Crippen LogP contribution is -2.41. The van der Waals surface area contributed by atoms with Crippen molar-refractivity contribution in [2.24, 2.45) is 0 Å². The molecule has 1 heterocycles. The average Bonchev–Trinajstić information content (AvgIpc) is 3.00. The second kappa shape index (κ2) is 9.00. The molecule has 0 bridgehead atoms. The van der Waals surface area contributed by atoms with Gasteiger partial charge in [-0.3, -0.25) is 25.8 Å². The molecule has 0 aliphatic carbocycles. The molecule has 0 spiro atoms. The maximum atomic E-state index is 12.2. The number of carbonyl (C=O) groups is 3. The zero-order valence-corrected chi connectivity index (χ0v) is 15.7. The van der Waals surface area contributed by atoms with E-state index >= 15 is 0 Å². The summed E-state index contributed by atoms with van der Waals surface area (Å²) in [6.07, 6.45) is 0.259. The van der Waals surface area contributed by atoms with Crippen LogP contribution in [0.15, 0.2) is 30.3 Å². The average molecular weight is 375 g/mol. The van der Waals surface area contributed by atoms with Crippen LogP contribution in [0.1, 0.15) is 44.3 Å². The van der Waals surface area contributed by atoms with Crippen molar-refractivity contribution in [2.45, 2.75) is 27.2 Å². The molecule has 2 rings (SSSR count). The second-order valence-corrected chi connectivity index (χ2v) is 6.54. The standard InChI is InChI=1S/C18H21N3O4S/c1-4-14-11(3)9-15(26-14)17(23)21-20-16(22)12-7-6-8-13(10-12)19-18(24)25-5-2/h6-10H,4-5H2,1-3H3,(H,19,24)(H,20,22)(H,21,23).